The maximum Gasteiger partial charge on any atom is 0.331 e. The van der Waals surface area contributed by atoms with Crippen LogP contribution in [0.1, 0.15) is 24.6 Å². The van der Waals surface area contributed by atoms with Gasteiger partial charge in [-0.1, -0.05) is 55.8 Å². The molecule has 0 bridgehead atoms. The highest BCUT2D eigenvalue weighted by Gasteiger charge is 2.21. The first-order chi connectivity index (χ1) is 13.4. The summed E-state index contributed by atoms with van der Waals surface area (Å²) in [4.78, 5) is 36.1. The van der Waals surface area contributed by atoms with Crippen LogP contribution in [0.4, 0.5) is 5.69 Å². The summed E-state index contributed by atoms with van der Waals surface area (Å²) in [5, 5.41) is 11.7. The first-order valence-electron chi connectivity index (χ1n) is 9.05. The molecule has 0 radical (unpaired) electrons. The predicted octanol–water partition coefficient (Wildman–Crippen LogP) is 3.12. The molecule has 0 saturated heterocycles. The van der Waals surface area contributed by atoms with Crippen LogP contribution in [-0.2, 0) is 20.0 Å². The van der Waals surface area contributed by atoms with Crippen LogP contribution < -0.4 is 11.2 Å². The molecular formula is C21H21N3O4. The molecule has 1 aromatic heterocycles. The lowest BCUT2D eigenvalue weighted by Gasteiger charge is -2.16. The fraction of sp³-hybridized carbons (Fsp3) is 0.238. The van der Waals surface area contributed by atoms with Crippen LogP contribution in [0.25, 0.3) is 11.1 Å². The summed E-state index contributed by atoms with van der Waals surface area (Å²) in [6.07, 6.45) is 1.28. The third-order valence-corrected chi connectivity index (χ3v) is 4.74. The fourth-order valence-electron chi connectivity index (χ4n) is 3.31. The van der Waals surface area contributed by atoms with E-state index in [4.69, 9.17) is 0 Å². The van der Waals surface area contributed by atoms with Crippen LogP contribution in [0.5, 0.6) is 0 Å². The van der Waals surface area contributed by atoms with Crippen molar-refractivity contribution in [3.63, 3.8) is 0 Å². The van der Waals surface area contributed by atoms with Gasteiger partial charge in [-0.05, 0) is 17.5 Å². The molecule has 0 amide bonds. The number of aromatic nitrogens is 2. The van der Waals surface area contributed by atoms with Crippen LogP contribution in [0.3, 0.4) is 0 Å². The first kappa shape index (κ1) is 19.3. The van der Waals surface area contributed by atoms with E-state index in [2.05, 4.69) is 0 Å². The molecule has 0 aliphatic carbocycles. The van der Waals surface area contributed by atoms with E-state index in [0.29, 0.717) is 23.2 Å². The molecule has 1 heterocycles. The van der Waals surface area contributed by atoms with Gasteiger partial charge in [0, 0.05) is 24.9 Å². The second-order valence-electron chi connectivity index (χ2n) is 6.58. The van der Waals surface area contributed by atoms with Gasteiger partial charge in [-0.2, -0.15) is 0 Å². The highest BCUT2D eigenvalue weighted by atomic mass is 16.6. The molecular weight excluding hydrogens is 358 g/mol. The molecule has 7 nitrogen and oxygen atoms in total. The second-order valence-corrected chi connectivity index (χ2v) is 6.58. The number of benzene rings is 2. The van der Waals surface area contributed by atoms with Crippen molar-refractivity contribution < 1.29 is 4.92 Å². The number of aryl methyl sites for hydroxylation is 1. The maximum atomic E-state index is 12.8. The van der Waals surface area contributed by atoms with Gasteiger partial charge in [0.05, 0.1) is 17.0 Å². The number of nitro groups is 1. The number of nitrogens with zero attached hydrogens (tertiary/aromatic N) is 3. The molecule has 0 fully saturated rings. The number of hydrogen-bond donors (Lipinski definition) is 0. The molecule has 3 rings (SSSR count). The lowest BCUT2D eigenvalue weighted by molar-refractivity contribution is -0.385. The average molecular weight is 379 g/mol. The molecule has 0 unspecified atom stereocenters. The SMILES string of the molecule is CCCc1cc(=O)n(C)c(=O)n1Cc1c(-c2ccccc2)cccc1[N+](=O)[O-]. The molecule has 0 atom stereocenters. The van der Waals surface area contributed by atoms with Crippen molar-refractivity contribution in [2.24, 2.45) is 7.05 Å². The zero-order chi connectivity index (χ0) is 20.3. The molecule has 3 aromatic rings. The van der Waals surface area contributed by atoms with Gasteiger partial charge in [-0.25, -0.2) is 4.79 Å². The summed E-state index contributed by atoms with van der Waals surface area (Å²) in [7, 11) is 1.41. The molecule has 28 heavy (non-hydrogen) atoms. The summed E-state index contributed by atoms with van der Waals surface area (Å²) in [6, 6.07) is 15.7. The number of hydrogen-bond acceptors (Lipinski definition) is 4. The summed E-state index contributed by atoms with van der Waals surface area (Å²) >= 11 is 0. The Kier molecular flexibility index (Phi) is 5.54. The molecule has 0 spiro atoms. The minimum atomic E-state index is -0.479. The largest absolute Gasteiger partial charge is 0.331 e. The molecule has 144 valence electrons. The third-order valence-electron chi connectivity index (χ3n) is 4.74. The van der Waals surface area contributed by atoms with Gasteiger partial charge in [0.25, 0.3) is 11.2 Å². The molecule has 0 saturated carbocycles. The normalized spacial score (nSPS) is 10.8. The maximum absolute atomic E-state index is 12.8. The minimum Gasteiger partial charge on any atom is -0.293 e. The Bertz CT molecular complexity index is 1130. The molecule has 0 aliphatic rings. The van der Waals surface area contributed by atoms with Crippen molar-refractivity contribution >= 4 is 5.69 Å². The Morgan fingerprint density at radius 2 is 1.75 bits per heavy atom. The van der Waals surface area contributed by atoms with Gasteiger partial charge < -0.3 is 0 Å². The van der Waals surface area contributed by atoms with Crippen LogP contribution >= 0.6 is 0 Å². The van der Waals surface area contributed by atoms with E-state index < -0.39 is 10.6 Å². The molecule has 0 N–H and O–H groups in total. The van der Waals surface area contributed by atoms with E-state index in [1.54, 1.807) is 6.07 Å². The Labute approximate surface area is 161 Å². The van der Waals surface area contributed by atoms with E-state index in [9.17, 15) is 19.7 Å². The van der Waals surface area contributed by atoms with Crippen molar-refractivity contribution in [1.82, 2.24) is 9.13 Å². The quantitative estimate of drug-likeness (QED) is 0.486. The lowest BCUT2D eigenvalue weighted by Crippen LogP contribution is -2.39. The zero-order valence-electron chi connectivity index (χ0n) is 15.8. The number of rotatable bonds is 6. The Hall–Kier alpha value is -3.48. The summed E-state index contributed by atoms with van der Waals surface area (Å²) in [6.45, 7) is 1.97. The van der Waals surface area contributed by atoms with Crippen molar-refractivity contribution in [2.75, 3.05) is 0 Å². The van der Waals surface area contributed by atoms with E-state index in [0.717, 1.165) is 16.6 Å². The first-order valence-corrected chi connectivity index (χ1v) is 9.05. The minimum absolute atomic E-state index is 0.0175. The zero-order valence-corrected chi connectivity index (χ0v) is 15.8. The summed E-state index contributed by atoms with van der Waals surface area (Å²) in [5.74, 6) is 0. The third kappa shape index (κ3) is 3.64. The Morgan fingerprint density at radius 3 is 2.39 bits per heavy atom. The van der Waals surface area contributed by atoms with Gasteiger partial charge >= 0.3 is 5.69 Å². The lowest BCUT2D eigenvalue weighted by atomic mass is 9.98. The van der Waals surface area contributed by atoms with Crippen LogP contribution in [0.2, 0.25) is 0 Å². The Morgan fingerprint density at radius 1 is 1.04 bits per heavy atom. The van der Waals surface area contributed by atoms with Crippen LogP contribution in [-0.4, -0.2) is 14.1 Å². The highest BCUT2D eigenvalue weighted by Crippen LogP contribution is 2.31. The van der Waals surface area contributed by atoms with E-state index in [1.165, 1.54) is 23.7 Å². The van der Waals surface area contributed by atoms with E-state index in [-0.39, 0.29) is 17.8 Å². The van der Waals surface area contributed by atoms with Crippen molar-refractivity contribution in [2.45, 2.75) is 26.3 Å². The molecule has 2 aromatic carbocycles. The van der Waals surface area contributed by atoms with E-state index >= 15 is 0 Å². The van der Waals surface area contributed by atoms with Crippen molar-refractivity contribution in [1.29, 1.82) is 0 Å². The fourth-order valence-corrected chi connectivity index (χ4v) is 3.31. The van der Waals surface area contributed by atoms with Gasteiger partial charge in [0.15, 0.2) is 0 Å². The summed E-state index contributed by atoms with van der Waals surface area (Å²) in [5.41, 5.74) is 1.63. The van der Waals surface area contributed by atoms with Crippen molar-refractivity contribution in [3.8, 4) is 11.1 Å². The molecule has 0 aliphatic heterocycles. The van der Waals surface area contributed by atoms with Gasteiger partial charge in [-0.3, -0.25) is 24.0 Å². The highest BCUT2D eigenvalue weighted by molar-refractivity contribution is 5.71. The average Bonchev–Trinajstić information content (AvgIpc) is 2.70. The monoisotopic (exact) mass is 379 g/mol. The molecule has 7 heteroatoms. The number of nitro benzene ring substituents is 1. The van der Waals surface area contributed by atoms with E-state index in [1.807, 2.05) is 43.3 Å². The van der Waals surface area contributed by atoms with Gasteiger partial charge in [0.1, 0.15) is 0 Å². The summed E-state index contributed by atoms with van der Waals surface area (Å²) < 4.78 is 2.48. The second kappa shape index (κ2) is 8.04. The Balaban J connectivity index is 2.26. The smallest absolute Gasteiger partial charge is 0.293 e. The predicted molar refractivity (Wildman–Crippen MR) is 108 cm³/mol. The topological polar surface area (TPSA) is 87.1 Å². The van der Waals surface area contributed by atoms with Gasteiger partial charge in [0.2, 0.25) is 0 Å². The standard InChI is InChI=1S/C21H21N3O4/c1-3-8-16-13-20(25)22(2)21(26)23(16)14-18-17(15-9-5-4-6-10-15)11-7-12-19(18)24(27)28/h4-7,9-13H,3,8,14H2,1-2H3. The van der Waals surface area contributed by atoms with Gasteiger partial charge in [-0.15, -0.1) is 0 Å². The van der Waals surface area contributed by atoms with Crippen LogP contribution in [0, 0.1) is 10.1 Å². The van der Waals surface area contributed by atoms with Crippen molar-refractivity contribution in [3.05, 3.63) is 96.8 Å². The van der Waals surface area contributed by atoms with Crippen LogP contribution in [0.15, 0.2) is 64.2 Å².